The van der Waals surface area contributed by atoms with E-state index in [9.17, 15) is 9.59 Å². The van der Waals surface area contributed by atoms with Crippen LogP contribution >= 0.6 is 0 Å². The van der Waals surface area contributed by atoms with E-state index in [-0.39, 0.29) is 24.5 Å². The minimum Gasteiger partial charge on any atom is -0.445 e. The van der Waals surface area contributed by atoms with E-state index in [1.807, 2.05) is 30.3 Å². The van der Waals surface area contributed by atoms with Gasteiger partial charge in [0.05, 0.1) is 12.7 Å². The number of anilines is 1. The number of hydrogen-bond donors (Lipinski definition) is 2. The van der Waals surface area contributed by atoms with Gasteiger partial charge in [0.2, 0.25) is 5.91 Å². The highest BCUT2D eigenvalue weighted by Gasteiger charge is 2.14. The molecule has 0 saturated heterocycles. The zero-order chi connectivity index (χ0) is 22.3. The molecule has 0 bridgehead atoms. The van der Waals surface area contributed by atoms with Crippen LogP contribution in [0.1, 0.15) is 37.5 Å². The van der Waals surface area contributed by atoms with Crippen LogP contribution in [-0.2, 0) is 28.1 Å². The fourth-order valence-corrected chi connectivity index (χ4v) is 2.96. The molecule has 0 saturated carbocycles. The molecule has 3 rings (SSSR count). The first kappa shape index (κ1) is 22.1. The monoisotopic (exact) mass is 420 g/mol. The lowest BCUT2D eigenvalue weighted by atomic mass is 9.87. The summed E-state index contributed by atoms with van der Waals surface area (Å²) in [6.07, 6.45) is 0.979. The maximum Gasteiger partial charge on any atom is 0.407 e. The van der Waals surface area contributed by atoms with Crippen molar-refractivity contribution in [2.45, 2.75) is 39.3 Å². The van der Waals surface area contributed by atoms with E-state index in [1.165, 1.54) is 5.56 Å². The number of carbonyl (C=O) groups is 2. The van der Waals surface area contributed by atoms with Crippen LogP contribution in [0.15, 0.2) is 66.9 Å². The molecule has 1 heterocycles. The first-order valence-corrected chi connectivity index (χ1v) is 10.2. The Bertz CT molecular complexity index is 1010. The summed E-state index contributed by atoms with van der Waals surface area (Å²) < 4.78 is 6.81. The number of rotatable bonds is 7. The van der Waals surface area contributed by atoms with Gasteiger partial charge < -0.3 is 15.4 Å². The van der Waals surface area contributed by atoms with Crippen LogP contribution in [0, 0.1) is 0 Å². The molecule has 0 aliphatic carbocycles. The molecule has 2 aromatic carbocycles. The summed E-state index contributed by atoms with van der Waals surface area (Å²) in [5.41, 5.74) is 3.31. The Kier molecular flexibility index (Phi) is 7.07. The molecule has 0 atom stereocenters. The summed E-state index contributed by atoms with van der Waals surface area (Å²) in [5.74, 6) is 0.200. The lowest BCUT2D eigenvalue weighted by Crippen LogP contribution is -2.33. The zero-order valence-electron chi connectivity index (χ0n) is 18.1. The van der Waals surface area contributed by atoms with Gasteiger partial charge in [0.15, 0.2) is 0 Å². The van der Waals surface area contributed by atoms with E-state index in [0.717, 1.165) is 11.1 Å². The summed E-state index contributed by atoms with van der Waals surface area (Å²) in [5, 5.41) is 9.50. The summed E-state index contributed by atoms with van der Waals surface area (Å²) >= 11 is 0. The van der Waals surface area contributed by atoms with Gasteiger partial charge in [-0.15, -0.1) is 0 Å². The van der Waals surface area contributed by atoms with E-state index in [1.54, 1.807) is 16.9 Å². The van der Waals surface area contributed by atoms with Crippen molar-refractivity contribution in [3.05, 3.63) is 83.6 Å². The summed E-state index contributed by atoms with van der Waals surface area (Å²) in [6, 6.07) is 19.4. The van der Waals surface area contributed by atoms with E-state index < -0.39 is 6.09 Å². The highest BCUT2D eigenvalue weighted by Crippen LogP contribution is 2.22. The molecule has 162 valence electrons. The largest absolute Gasteiger partial charge is 0.445 e. The molecule has 2 amide bonds. The number of nitrogens with one attached hydrogen (secondary N) is 2. The van der Waals surface area contributed by atoms with Crippen molar-refractivity contribution in [1.82, 2.24) is 15.1 Å². The van der Waals surface area contributed by atoms with Crippen LogP contribution < -0.4 is 10.6 Å². The average Bonchev–Trinajstić information content (AvgIpc) is 3.17. The van der Waals surface area contributed by atoms with Crippen LogP contribution in [-0.4, -0.2) is 28.3 Å². The Morgan fingerprint density at radius 2 is 1.68 bits per heavy atom. The average molecular weight is 421 g/mol. The second-order valence-electron chi connectivity index (χ2n) is 8.28. The first-order valence-electron chi connectivity index (χ1n) is 10.2. The van der Waals surface area contributed by atoms with Gasteiger partial charge in [0, 0.05) is 6.07 Å². The van der Waals surface area contributed by atoms with Gasteiger partial charge in [0.1, 0.15) is 19.0 Å². The molecule has 2 N–H and O–H groups in total. The van der Waals surface area contributed by atoms with E-state index in [4.69, 9.17) is 4.74 Å². The molecule has 31 heavy (non-hydrogen) atoms. The van der Waals surface area contributed by atoms with Crippen LogP contribution in [0.3, 0.4) is 0 Å². The van der Waals surface area contributed by atoms with Crippen LogP contribution in [0.4, 0.5) is 10.6 Å². The van der Waals surface area contributed by atoms with Gasteiger partial charge in [-0.1, -0.05) is 75.4 Å². The maximum atomic E-state index is 12.2. The van der Waals surface area contributed by atoms with Gasteiger partial charge in [0.25, 0.3) is 0 Å². The van der Waals surface area contributed by atoms with Gasteiger partial charge in [-0.05, 0) is 22.1 Å². The number of alkyl carbamates (subject to hydrolysis) is 1. The fourth-order valence-electron chi connectivity index (χ4n) is 2.96. The van der Waals surface area contributed by atoms with Crippen molar-refractivity contribution in [2.24, 2.45) is 0 Å². The quantitative estimate of drug-likeness (QED) is 0.603. The molecule has 0 fully saturated rings. The number of nitrogens with zero attached hydrogens (tertiary/aromatic N) is 2. The Morgan fingerprint density at radius 1 is 0.968 bits per heavy atom. The zero-order valence-corrected chi connectivity index (χ0v) is 18.1. The third kappa shape index (κ3) is 6.70. The Balaban J connectivity index is 1.48. The van der Waals surface area contributed by atoms with Crippen LogP contribution in [0.2, 0.25) is 0 Å². The maximum absolute atomic E-state index is 12.2. The number of carbonyl (C=O) groups excluding carboxylic acids is 2. The standard InChI is InChI=1S/C24H28N4O3/c1-24(2,3)20-11-9-18(10-12-20)16-28-21(13-14-26-28)27-22(29)15-25-23(30)31-17-19-7-5-4-6-8-19/h4-14H,15-17H2,1-3H3,(H,25,30)(H,27,29). The lowest BCUT2D eigenvalue weighted by Gasteiger charge is -2.19. The first-order chi connectivity index (χ1) is 14.8. The molecule has 3 aromatic rings. The van der Waals surface area contributed by atoms with Gasteiger partial charge in [-0.25, -0.2) is 9.48 Å². The predicted molar refractivity (Wildman–Crippen MR) is 120 cm³/mol. The predicted octanol–water partition coefficient (Wildman–Crippen LogP) is 4.09. The minimum absolute atomic E-state index is 0.0958. The highest BCUT2D eigenvalue weighted by atomic mass is 16.5. The highest BCUT2D eigenvalue weighted by molar-refractivity contribution is 5.93. The molecule has 0 spiro atoms. The minimum atomic E-state index is -0.647. The van der Waals surface area contributed by atoms with E-state index >= 15 is 0 Å². The van der Waals surface area contributed by atoms with Crippen LogP contribution in [0.25, 0.3) is 0 Å². The van der Waals surface area contributed by atoms with Crippen molar-refractivity contribution in [3.8, 4) is 0 Å². The normalized spacial score (nSPS) is 11.1. The molecular weight excluding hydrogens is 392 g/mol. The molecule has 0 unspecified atom stereocenters. The van der Waals surface area contributed by atoms with Crippen molar-refractivity contribution >= 4 is 17.8 Å². The molecule has 7 nitrogen and oxygen atoms in total. The van der Waals surface area contributed by atoms with E-state index in [0.29, 0.717) is 12.4 Å². The molecule has 0 radical (unpaired) electrons. The number of amides is 2. The number of benzene rings is 2. The molecule has 7 heteroatoms. The molecule has 0 aliphatic heterocycles. The SMILES string of the molecule is CC(C)(C)c1ccc(Cn2nccc2NC(=O)CNC(=O)OCc2ccccc2)cc1. The third-order valence-corrected chi connectivity index (χ3v) is 4.74. The van der Waals surface area contributed by atoms with Crippen molar-refractivity contribution in [2.75, 3.05) is 11.9 Å². The van der Waals surface area contributed by atoms with Crippen molar-refractivity contribution < 1.29 is 14.3 Å². The Morgan fingerprint density at radius 3 is 2.35 bits per heavy atom. The second-order valence-corrected chi connectivity index (χ2v) is 8.28. The van der Waals surface area contributed by atoms with E-state index in [2.05, 4.69) is 60.8 Å². The number of hydrogen-bond acceptors (Lipinski definition) is 4. The van der Waals surface area contributed by atoms with Gasteiger partial charge >= 0.3 is 6.09 Å². The topological polar surface area (TPSA) is 85.3 Å². The van der Waals surface area contributed by atoms with Crippen molar-refractivity contribution in [1.29, 1.82) is 0 Å². The third-order valence-electron chi connectivity index (χ3n) is 4.74. The number of ether oxygens (including phenoxy) is 1. The Hall–Kier alpha value is -3.61. The fraction of sp³-hybridized carbons (Fsp3) is 0.292. The van der Waals surface area contributed by atoms with Gasteiger partial charge in [-0.3, -0.25) is 4.79 Å². The smallest absolute Gasteiger partial charge is 0.407 e. The lowest BCUT2D eigenvalue weighted by molar-refractivity contribution is -0.115. The van der Waals surface area contributed by atoms with Gasteiger partial charge in [-0.2, -0.15) is 5.10 Å². The molecular formula is C24H28N4O3. The van der Waals surface area contributed by atoms with Crippen molar-refractivity contribution in [3.63, 3.8) is 0 Å². The summed E-state index contributed by atoms with van der Waals surface area (Å²) in [7, 11) is 0. The molecule has 0 aliphatic rings. The summed E-state index contributed by atoms with van der Waals surface area (Å²) in [4.78, 5) is 24.0. The van der Waals surface area contributed by atoms with Crippen LogP contribution in [0.5, 0.6) is 0 Å². The Labute approximate surface area is 182 Å². The number of aromatic nitrogens is 2. The second kappa shape index (κ2) is 9.93. The molecule has 1 aromatic heterocycles. The summed E-state index contributed by atoms with van der Waals surface area (Å²) in [6.45, 7) is 7.01.